The van der Waals surface area contributed by atoms with Crippen LogP contribution >= 0.6 is 0 Å². The van der Waals surface area contributed by atoms with Crippen LogP contribution in [0.2, 0.25) is 0 Å². The summed E-state index contributed by atoms with van der Waals surface area (Å²) >= 11 is 0. The second-order valence-electron chi connectivity index (χ2n) is 9.37. The van der Waals surface area contributed by atoms with Gasteiger partial charge in [-0.3, -0.25) is 9.02 Å². The van der Waals surface area contributed by atoms with Gasteiger partial charge in [0.1, 0.15) is 29.7 Å². The zero-order chi connectivity index (χ0) is 22.0. The van der Waals surface area contributed by atoms with Crippen molar-refractivity contribution in [2.75, 3.05) is 13.2 Å². The van der Waals surface area contributed by atoms with Crippen LogP contribution in [-0.2, 0) is 44.6 Å². The van der Waals surface area contributed by atoms with Crippen LogP contribution in [0.3, 0.4) is 0 Å². The van der Waals surface area contributed by atoms with E-state index in [-0.39, 0.29) is 6.61 Å². The Labute approximate surface area is 182 Å². The van der Waals surface area contributed by atoms with Crippen molar-refractivity contribution in [3.8, 4) is 0 Å². The molecule has 1 aromatic carbocycles. The van der Waals surface area contributed by atoms with Gasteiger partial charge >= 0.3 is 0 Å². The highest BCUT2D eigenvalue weighted by Gasteiger charge is 2.63. The number of hydrogen-bond donors (Lipinski definition) is 0. The molecule has 4 aliphatic heterocycles. The number of nitrogens with zero attached hydrogens (tertiary/aromatic N) is 1. The fourth-order valence-corrected chi connectivity index (χ4v) is 6.53. The highest BCUT2D eigenvalue weighted by molar-refractivity contribution is 7.87. The van der Waals surface area contributed by atoms with E-state index in [0.717, 1.165) is 5.56 Å². The molecular formula is C21H29NO8S. The van der Waals surface area contributed by atoms with E-state index in [0.29, 0.717) is 13.2 Å². The molecule has 4 fully saturated rings. The van der Waals surface area contributed by atoms with Crippen LogP contribution < -0.4 is 0 Å². The van der Waals surface area contributed by atoms with Crippen molar-refractivity contribution >= 4 is 10.1 Å². The van der Waals surface area contributed by atoms with E-state index in [1.54, 1.807) is 5.06 Å². The van der Waals surface area contributed by atoms with Crippen molar-refractivity contribution in [1.82, 2.24) is 5.06 Å². The molecule has 0 spiro atoms. The maximum absolute atomic E-state index is 12.8. The first kappa shape index (κ1) is 21.7. The Kier molecular flexibility index (Phi) is 5.23. The van der Waals surface area contributed by atoms with Gasteiger partial charge in [-0.2, -0.15) is 13.5 Å². The molecule has 0 saturated carbocycles. The van der Waals surface area contributed by atoms with Gasteiger partial charge in [-0.1, -0.05) is 30.3 Å². The number of hydrogen-bond acceptors (Lipinski definition) is 9. The van der Waals surface area contributed by atoms with Crippen LogP contribution in [0, 0.1) is 0 Å². The smallest absolute Gasteiger partial charge is 0.274 e. The van der Waals surface area contributed by atoms with Crippen molar-refractivity contribution in [2.45, 2.75) is 81.5 Å². The van der Waals surface area contributed by atoms with E-state index in [9.17, 15) is 8.42 Å². The number of fused-ring (bicyclic) bond motifs is 1. The first-order chi connectivity index (χ1) is 14.5. The largest absolute Gasteiger partial charge is 0.348 e. The molecule has 0 amide bonds. The molecular weight excluding hydrogens is 426 g/mol. The summed E-state index contributed by atoms with van der Waals surface area (Å²) in [6, 6.07) is 9.14. The van der Waals surface area contributed by atoms with Crippen LogP contribution in [0.25, 0.3) is 0 Å². The van der Waals surface area contributed by atoms with E-state index in [1.807, 2.05) is 58.0 Å². The number of hydroxylamine groups is 2. The first-order valence-electron chi connectivity index (χ1n) is 10.6. The predicted molar refractivity (Wildman–Crippen MR) is 108 cm³/mol. The van der Waals surface area contributed by atoms with Crippen LogP contribution in [0.15, 0.2) is 30.3 Å². The van der Waals surface area contributed by atoms with Crippen molar-refractivity contribution in [2.24, 2.45) is 0 Å². The van der Waals surface area contributed by atoms with Gasteiger partial charge in [-0.25, -0.2) is 0 Å². The Bertz CT molecular complexity index is 921. The van der Waals surface area contributed by atoms with Gasteiger partial charge in [0.2, 0.25) is 0 Å². The average molecular weight is 456 g/mol. The molecule has 4 aliphatic rings. The molecule has 4 saturated heterocycles. The molecule has 1 aromatic rings. The van der Waals surface area contributed by atoms with Gasteiger partial charge in [0, 0.05) is 6.54 Å². The summed E-state index contributed by atoms with van der Waals surface area (Å²) in [5, 5.41) is 0.838. The molecule has 0 radical (unpaired) electrons. The number of ether oxygens (including phenoxy) is 4. The average Bonchev–Trinajstić information content (AvgIpc) is 3.39. The molecule has 0 aromatic heterocycles. The lowest BCUT2D eigenvalue weighted by molar-refractivity contribution is -0.199. The molecule has 10 heteroatoms. The predicted octanol–water partition coefficient (Wildman–Crippen LogP) is 1.57. The Morgan fingerprint density at radius 3 is 2.32 bits per heavy atom. The maximum Gasteiger partial charge on any atom is 0.274 e. The summed E-state index contributed by atoms with van der Waals surface area (Å²) in [5.41, 5.74) is 1.00. The Balaban J connectivity index is 1.49. The third-order valence-electron chi connectivity index (χ3n) is 6.11. The zero-order valence-corrected chi connectivity index (χ0v) is 18.9. The lowest BCUT2D eigenvalue weighted by atomic mass is 9.96. The van der Waals surface area contributed by atoms with Crippen molar-refractivity contribution in [3.63, 3.8) is 0 Å². The molecule has 9 nitrogen and oxygen atoms in total. The summed E-state index contributed by atoms with van der Waals surface area (Å²) in [6.45, 7) is 8.05. The lowest BCUT2D eigenvalue weighted by Crippen LogP contribution is -2.53. The number of rotatable bonds is 4. The molecule has 31 heavy (non-hydrogen) atoms. The van der Waals surface area contributed by atoms with Gasteiger partial charge in [-0.15, -0.1) is 0 Å². The second-order valence-corrected chi connectivity index (χ2v) is 11.1. The van der Waals surface area contributed by atoms with Crippen LogP contribution in [-0.4, -0.2) is 74.0 Å². The summed E-state index contributed by atoms with van der Waals surface area (Å²) in [4.78, 5) is 6.09. The fourth-order valence-electron chi connectivity index (χ4n) is 4.91. The summed E-state index contributed by atoms with van der Waals surface area (Å²) in [5.74, 6) is -1.66. The van der Waals surface area contributed by atoms with Gasteiger partial charge in [-0.05, 0) is 33.3 Å². The fraction of sp³-hybridized carbons (Fsp3) is 0.714. The van der Waals surface area contributed by atoms with Gasteiger partial charge < -0.3 is 18.9 Å². The molecule has 0 unspecified atom stereocenters. The Morgan fingerprint density at radius 1 is 0.935 bits per heavy atom. The molecule has 6 atom stereocenters. The van der Waals surface area contributed by atoms with E-state index < -0.39 is 57.4 Å². The zero-order valence-electron chi connectivity index (χ0n) is 18.1. The van der Waals surface area contributed by atoms with Crippen LogP contribution in [0.5, 0.6) is 0 Å². The standard InChI is InChI=1S/C21H29NO8S/c1-20(2)25-11-14(27-20)17-18(29-21(3,4)28-17)16-19-15(12-26-31(19,23)24)30-22(16)10-13-8-6-5-7-9-13/h5-9,14-19H,10-12H2,1-4H3/t14-,15+,16+,17-,18-,19-/m1/s1. The van der Waals surface area contributed by atoms with Crippen molar-refractivity contribution in [1.29, 1.82) is 0 Å². The molecule has 172 valence electrons. The minimum absolute atomic E-state index is 0.00744. The topological polar surface area (TPSA) is 92.8 Å². The Hall–Kier alpha value is -1.11. The summed E-state index contributed by atoms with van der Waals surface area (Å²) < 4.78 is 55.1. The van der Waals surface area contributed by atoms with Crippen LogP contribution in [0.1, 0.15) is 33.3 Å². The molecule has 0 bridgehead atoms. The van der Waals surface area contributed by atoms with Crippen LogP contribution in [0.4, 0.5) is 0 Å². The molecule has 4 heterocycles. The SMILES string of the molecule is CC1(C)O[C@H]([C@H]2[C@H]3[C@H](COS3(=O)=O)ON2Cc2ccccc2)[C@@H]([C@H]2COC(C)(C)O2)O1. The maximum atomic E-state index is 12.8. The summed E-state index contributed by atoms with van der Waals surface area (Å²) in [6.07, 6.45) is -2.14. The third kappa shape index (κ3) is 4.04. The number of benzene rings is 1. The minimum atomic E-state index is -3.82. The molecule has 0 N–H and O–H groups in total. The third-order valence-corrected chi connectivity index (χ3v) is 7.83. The van der Waals surface area contributed by atoms with E-state index in [2.05, 4.69) is 0 Å². The van der Waals surface area contributed by atoms with E-state index in [1.165, 1.54) is 0 Å². The minimum Gasteiger partial charge on any atom is -0.348 e. The second kappa shape index (κ2) is 7.46. The van der Waals surface area contributed by atoms with Crippen molar-refractivity contribution < 1.29 is 36.4 Å². The van der Waals surface area contributed by atoms with Crippen molar-refractivity contribution in [3.05, 3.63) is 35.9 Å². The van der Waals surface area contributed by atoms with E-state index in [4.69, 9.17) is 28.0 Å². The first-order valence-corrected chi connectivity index (χ1v) is 12.0. The van der Waals surface area contributed by atoms with Gasteiger partial charge in [0.15, 0.2) is 11.6 Å². The highest BCUT2D eigenvalue weighted by atomic mass is 32.2. The normalized spacial score (nSPS) is 40.9. The monoisotopic (exact) mass is 455 g/mol. The van der Waals surface area contributed by atoms with E-state index >= 15 is 0 Å². The quantitative estimate of drug-likeness (QED) is 0.627. The molecule has 5 rings (SSSR count). The Morgan fingerprint density at radius 2 is 1.65 bits per heavy atom. The molecule has 0 aliphatic carbocycles. The lowest BCUT2D eigenvalue weighted by Gasteiger charge is -2.33. The summed E-state index contributed by atoms with van der Waals surface area (Å²) in [7, 11) is -3.82. The highest BCUT2D eigenvalue weighted by Crippen LogP contribution is 2.44. The van der Waals surface area contributed by atoms with Gasteiger partial charge in [0.25, 0.3) is 10.1 Å². The van der Waals surface area contributed by atoms with Gasteiger partial charge in [0.05, 0.1) is 19.3 Å².